The van der Waals surface area contributed by atoms with Crippen LogP contribution in [0.2, 0.25) is 0 Å². The molecule has 0 radical (unpaired) electrons. The number of nitriles is 1. The Balaban J connectivity index is 1.47. The minimum absolute atomic E-state index is 0.323. The number of rotatable bonds is 6. The number of methoxy groups -OCH3 is 1. The maximum Gasteiger partial charge on any atom is 0.0991 e. The van der Waals surface area contributed by atoms with Gasteiger partial charge in [-0.2, -0.15) is 5.26 Å². The number of ether oxygens (including phenoxy) is 1. The Bertz CT molecular complexity index is 1130. The van der Waals surface area contributed by atoms with Crippen molar-refractivity contribution in [1.29, 1.82) is 5.26 Å². The summed E-state index contributed by atoms with van der Waals surface area (Å²) in [5.74, 6) is 0.716. The maximum absolute atomic E-state index is 8.99. The van der Waals surface area contributed by atoms with E-state index in [4.69, 9.17) is 15.0 Å². The van der Waals surface area contributed by atoms with Crippen molar-refractivity contribution in [2.24, 2.45) is 5.92 Å². The lowest BCUT2D eigenvalue weighted by atomic mass is 10.0. The molecule has 158 valence electrons. The van der Waals surface area contributed by atoms with Gasteiger partial charge in [-0.1, -0.05) is 0 Å². The van der Waals surface area contributed by atoms with Gasteiger partial charge in [0.2, 0.25) is 0 Å². The van der Waals surface area contributed by atoms with Gasteiger partial charge in [-0.25, -0.2) is 0 Å². The highest BCUT2D eigenvalue weighted by Gasteiger charge is 2.41. The molecule has 0 bridgehead atoms. The molecule has 5 nitrogen and oxygen atoms in total. The molecule has 2 unspecified atom stereocenters. The highest BCUT2D eigenvalue weighted by Crippen LogP contribution is 2.42. The van der Waals surface area contributed by atoms with Crippen LogP contribution in [0.15, 0.2) is 48.5 Å². The van der Waals surface area contributed by atoms with Crippen molar-refractivity contribution >= 4 is 28.0 Å². The van der Waals surface area contributed by atoms with Gasteiger partial charge in [-0.15, -0.1) is 0 Å². The van der Waals surface area contributed by atoms with Crippen LogP contribution in [0.1, 0.15) is 36.9 Å². The van der Waals surface area contributed by atoms with Gasteiger partial charge in [0.25, 0.3) is 0 Å². The molecule has 1 saturated heterocycles. The van der Waals surface area contributed by atoms with E-state index in [-0.39, 0.29) is 0 Å². The van der Waals surface area contributed by atoms with Crippen molar-refractivity contribution in [2.75, 3.05) is 23.9 Å². The molecule has 5 rings (SSSR count). The number of anilines is 3. The molecule has 2 atom stereocenters. The molecule has 2 aromatic carbocycles. The highest BCUT2D eigenvalue weighted by atomic mass is 16.5. The molecule has 0 amide bonds. The number of nitrogens with zero attached hydrogens (tertiary/aromatic N) is 3. The number of benzene rings is 2. The molecule has 2 fully saturated rings. The number of pyridine rings is 1. The number of aryl methyl sites for hydroxylation is 1. The Labute approximate surface area is 183 Å². The standard InChI is InChI=1S/C26H28N4O/c1-17-14-25(30-13-3-4-24(30)26(31-2)19-7-8-19)22-12-11-21(15-23(22)28-17)29-20-9-5-18(16-27)6-10-20/h5-6,9-12,14-15,19,24,26,29H,3-4,7-8,13H2,1-2H3. The second kappa shape index (κ2) is 8.20. The van der Waals surface area contributed by atoms with E-state index in [1.165, 1.54) is 36.8 Å². The van der Waals surface area contributed by atoms with Crippen LogP contribution in [0.3, 0.4) is 0 Å². The van der Waals surface area contributed by atoms with Gasteiger partial charge in [0.15, 0.2) is 0 Å². The third kappa shape index (κ3) is 3.96. The Morgan fingerprint density at radius 1 is 1.10 bits per heavy atom. The molecule has 1 saturated carbocycles. The van der Waals surface area contributed by atoms with Crippen LogP contribution in [0.25, 0.3) is 10.9 Å². The number of fused-ring (bicyclic) bond motifs is 1. The fourth-order valence-corrected chi connectivity index (χ4v) is 4.97. The van der Waals surface area contributed by atoms with Crippen LogP contribution in [0.5, 0.6) is 0 Å². The normalized spacial score (nSPS) is 19.4. The predicted molar refractivity (Wildman–Crippen MR) is 125 cm³/mol. The minimum Gasteiger partial charge on any atom is -0.379 e. The molecule has 31 heavy (non-hydrogen) atoms. The summed E-state index contributed by atoms with van der Waals surface area (Å²) in [7, 11) is 1.87. The topological polar surface area (TPSA) is 61.2 Å². The predicted octanol–water partition coefficient (Wildman–Crippen LogP) is 5.55. The fraction of sp³-hybridized carbons (Fsp3) is 0.385. The molecule has 0 spiro atoms. The van der Waals surface area contributed by atoms with Gasteiger partial charge in [0.1, 0.15) is 0 Å². The SMILES string of the molecule is COC(C1CC1)C1CCCN1c1cc(C)nc2cc(Nc3ccc(C#N)cc3)ccc12. The zero-order valence-electron chi connectivity index (χ0n) is 18.1. The van der Waals surface area contributed by atoms with Crippen molar-refractivity contribution in [3.8, 4) is 6.07 Å². The van der Waals surface area contributed by atoms with E-state index in [0.717, 1.165) is 29.1 Å². The molecule has 5 heteroatoms. The van der Waals surface area contributed by atoms with Gasteiger partial charge in [0.05, 0.1) is 29.3 Å². The van der Waals surface area contributed by atoms with Gasteiger partial charge < -0.3 is 15.0 Å². The zero-order valence-corrected chi connectivity index (χ0v) is 18.1. The monoisotopic (exact) mass is 412 g/mol. The van der Waals surface area contributed by atoms with Crippen LogP contribution in [-0.4, -0.2) is 30.8 Å². The Hall–Kier alpha value is -3.10. The number of hydrogen-bond donors (Lipinski definition) is 1. The lowest BCUT2D eigenvalue weighted by Gasteiger charge is -2.33. The number of aromatic nitrogens is 1. The Kier molecular flexibility index (Phi) is 5.25. The molecule has 1 aliphatic carbocycles. The third-order valence-corrected chi connectivity index (χ3v) is 6.57. The fourth-order valence-electron chi connectivity index (χ4n) is 4.97. The van der Waals surface area contributed by atoms with Crippen LogP contribution < -0.4 is 10.2 Å². The summed E-state index contributed by atoms with van der Waals surface area (Å²) in [6, 6.07) is 18.7. The Morgan fingerprint density at radius 3 is 2.58 bits per heavy atom. The van der Waals surface area contributed by atoms with Crippen LogP contribution in [-0.2, 0) is 4.74 Å². The van der Waals surface area contributed by atoms with Crippen molar-refractivity contribution in [2.45, 2.75) is 44.8 Å². The van der Waals surface area contributed by atoms with E-state index in [9.17, 15) is 0 Å². The molecule has 3 aromatic rings. The van der Waals surface area contributed by atoms with Crippen molar-refractivity contribution in [3.63, 3.8) is 0 Å². The number of hydrogen-bond acceptors (Lipinski definition) is 5. The summed E-state index contributed by atoms with van der Waals surface area (Å²) < 4.78 is 5.97. The van der Waals surface area contributed by atoms with Crippen LogP contribution >= 0.6 is 0 Å². The van der Waals surface area contributed by atoms with E-state index in [2.05, 4.69) is 47.5 Å². The van der Waals surface area contributed by atoms with Crippen LogP contribution in [0.4, 0.5) is 17.1 Å². The molecule has 2 aliphatic rings. The van der Waals surface area contributed by atoms with Crippen molar-refractivity contribution in [3.05, 3.63) is 59.8 Å². The summed E-state index contributed by atoms with van der Waals surface area (Å²) in [6.07, 6.45) is 5.31. The molecule has 1 aliphatic heterocycles. The van der Waals surface area contributed by atoms with Crippen molar-refractivity contribution < 1.29 is 4.74 Å². The third-order valence-electron chi connectivity index (χ3n) is 6.57. The molecular weight excluding hydrogens is 384 g/mol. The van der Waals surface area contributed by atoms with E-state index in [1.807, 2.05) is 31.4 Å². The first-order valence-corrected chi connectivity index (χ1v) is 11.1. The van der Waals surface area contributed by atoms with Gasteiger partial charge >= 0.3 is 0 Å². The zero-order chi connectivity index (χ0) is 21.4. The number of nitrogens with one attached hydrogen (secondary N) is 1. The summed E-state index contributed by atoms with van der Waals surface area (Å²) >= 11 is 0. The first-order valence-electron chi connectivity index (χ1n) is 11.1. The summed E-state index contributed by atoms with van der Waals surface area (Å²) in [4.78, 5) is 7.40. The quantitative estimate of drug-likeness (QED) is 0.575. The summed E-state index contributed by atoms with van der Waals surface area (Å²) in [6.45, 7) is 3.14. The average Bonchev–Trinajstić information content (AvgIpc) is 3.50. The van der Waals surface area contributed by atoms with Gasteiger partial charge in [-0.3, -0.25) is 4.98 Å². The van der Waals surface area contributed by atoms with Gasteiger partial charge in [-0.05, 0) is 87.1 Å². The van der Waals surface area contributed by atoms with E-state index in [1.54, 1.807) is 0 Å². The second-order valence-corrected chi connectivity index (χ2v) is 8.77. The van der Waals surface area contributed by atoms with E-state index in [0.29, 0.717) is 23.6 Å². The average molecular weight is 413 g/mol. The first-order chi connectivity index (χ1) is 15.2. The minimum atomic E-state index is 0.323. The summed E-state index contributed by atoms with van der Waals surface area (Å²) in [5, 5.41) is 13.6. The highest BCUT2D eigenvalue weighted by molar-refractivity contribution is 5.94. The van der Waals surface area contributed by atoms with Crippen LogP contribution in [0, 0.1) is 24.2 Å². The van der Waals surface area contributed by atoms with Crippen molar-refractivity contribution in [1.82, 2.24) is 4.98 Å². The molecule has 1 N–H and O–H groups in total. The molecular formula is C26H28N4O. The lowest BCUT2D eigenvalue weighted by molar-refractivity contribution is 0.0637. The summed E-state index contributed by atoms with van der Waals surface area (Å²) in [5.41, 5.74) is 5.92. The smallest absolute Gasteiger partial charge is 0.0991 e. The molecule has 1 aromatic heterocycles. The Morgan fingerprint density at radius 2 is 1.87 bits per heavy atom. The maximum atomic E-state index is 8.99. The van der Waals surface area contributed by atoms with E-state index < -0.39 is 0 Å². The first kappa shape index (κ1) is 19.8. The second-order valence-electron chi connectivity index (χ2n) is 8.77. The van der Waals surface area contributed by atoms with Gasteiger partial charge in [0, 0.05) is 41.8 Å². The van der Waals surface area contributed by atoms with E-state index >= 15 is 0 Å². The molecule has 2 heterocycles. The lowest BCUT2D eigenvalue weighted by Crippen LogP contribution is -2.41. The largest absolute Gasteiger partial charge is 0.379 e.